The Morgan fingerprint density at radius 2 is 1.90 bits per heavy atom. The van der Waals surface area contributed by atoms with E-state index in [1.807, 2.05) is 50.2 Å². The second kappa shape index (κ2) is 7.43. The largest absolute Gasteiger partial charge is 0.453 e. The van der Waals surface area contributed by atoms with E-state index in [-0.39, 0.29) is 11.9 Å². The third kappa shape index (κ3) is 4.72. The smallest absolute Gasteiger partial charge is 0.251 e. The standard InChI is InChI=1S/C16H19BrN2O2/c1-11-3-5-13(6-4-11)16(20)19-10-9-18-12(2)14-7-8-15(17)21-14/h3-8,12,18H,9-10H2,1-2H3,(H,19,20). The average molecular weight is 351 g/mol. The summed E-state index contributed by atoms with van der Waals surface area (Å²) in [4.78, 5) is 11.9. The first kappa shape index (κ1) is 15.8. The van der Waals surface area contributed by atoms with E-state index in [9.17, 15) is 4.79 Å². The summed E-state index contributed by atoms with van der Waals surface area (Å²) in [6.45, 7) is 5.27. The highest BCUT2D eigenvalue weighted by molar-refractivity contribution is 9.10. The molecule has 0 saturated carbocycles. The van der Waals surface area contributed by atoms with Crippen molar-refractivity contribution in [1.82, 2.24) is 10.6 Å². The fourth-order valence-electron chi connectivity index (χ4n) is 1.93. The Morgan fingerprint density at radius 3 is 2.52 bits per heavy atom. The molecule has 0 bridgehead atoms. The number of furan rings is 1. The van der Waals surface area contributed by atoms with Gasteiger partial charge in [0.05, 0.1) is 6.04 Å². The molecule has 0 radical (unpaired) electrons. The predicted octanol–water partition coefficient (Wildman–Crippen LogP) is 3.43. The molecule has 112 valence electrons. The van der Waals surface area contributed by atoms with E-state index < -0.39 is 0 Å². The number of halogens is 1. The zero-order valence-electron chi connectivity index (χ0n) is 12.2. The number of nitrogens with one attached hydrogen (secondary N) is 2. The van der Waals surface area contributed by atoms with Crippen LogP contribution in [0.1, 0.15) is 34.6 Å². The number of rotatable bonds is 6. The summed E-state index contributed by atoms with van der Waals surface area (Å²) in [5.74, 6) is 0.817. The Labute approximate surface area is 133 Å². The highest BCUT2D eigenvalue weighted by Crippen LogP contribution is 2.19. The zero-order chi connectivity index (χ0) is 15.2. The molecule has 1 heterocycles. The van der Waals surface area contributed by atoms with Crippen LogP contribution < -0.4 is 10.6 Å². The molecular formula is C16H19BrN2O2. The Morgan fingerprint density at radius 1 is 1.19 bits per heavy atom. The minimum Gasteiger partial charge on any atom is -0.453 e. The molecule has 1 unspecified atom stereocenters. The molecule has 0 saturated heterocycles. The molecule has 21 heavy (non-hydrogen) atoms. The molecule has 0 spiro atoms. The molecule has 2 rings (SSSR count). The third-order valence-electron chi connectivity index (χ3n) is 3.20. The molecule has 0 aliphatic heterocycles. The van der Waals surface area contributed by atoms with E-state index in [2.05, 4.69) is 26.6 Å². The lowest BCUT2D eigenvalue weighted by Crippen LogP contribution is -2.32. The van der Waals surface area contributed by atoms with Gasteiger partial charge in [0.15, 0.2) is 4.67 Å². The van der Waals surface area contributed by atoms with Crippen molar-refractivity contribution in [2.45, 2.75) is 19.9 Å². The van der Waals surface area contributed by atoms with Crippen LogP contribution >= 0.6 is 15.9 Å². The first-order valence-corrected chi connectivity index (χ1v) is 7.69. The van der Waals surface area contributed by atoms with E-state index in [0.29, 0.717) is 18.7 Å². The number of aryl methyl sites for hydroxylation is 1. The zero-order valence-corrected chi connectivity index (χ0v) is 13.7. The lowest BCUT2D eigenvalue weighted by molar-refractivity contribution is 0.0953. The van der Waals surface area contributed by atoms with Crippen LogP contribution in [0.3, 0.4) is 0 Å². The summed E-state index contributed by atoms with van der Waals surface area (Å²) in [5.41, 5.74) is 1.83. The van der Waals surface area contributed by atoms with Gasteiger partial charge in [-0.15, -0.1) is 0 Å². The topological polar surface area (TPSA) is 54.3 Å². The minimum atomic E-state index is -0.0507. The number of amides is 1. The van der Waals surface area contributed by atoms with Gasteiger partial charge in [-0.05, 0) is 54.0 Å². The Balaban J connectivity index is 1.72. The van der Waals surface area contributed by atoms with Crippen LogP contribution in [0.25, 0.3) is 0 Å². The van der Waals surface area contributed by atoms with Crippen LogP contribution in [0.15, 0.2) is 45.5 Å². The third-order valence-corrected chi connectivity index (χ3v) is 3.62. The molecule has 5 heteroatoms. The van der Waals surface area contributed by atoms with Crippen LogP contribution in [0.2, 0.25) is 0 Å². The van der Waals surface area contributed by atoms with Gasteiger partial charge >= 0.3 is 0 Å². The summed E-state index contributed by atoms with van der Waals surface area (Å²) in [6, 6.07) is 11.4. The molecule has 1 amide bonds. The van der Waals surface area contributed by atoms with Gasteiger partial charge in [-0.1, -0.05) is 17.7 Å². The van der Waals surface area contributed by atoms with Crippen molar-refractivity contribution in [3.8, 4) is 0 Å². The molecule has 0 aliphatic rings. The average Bonchev–Trinajstić information content (AvgIpc) is 2.90. The molecule has 0 aliphatic carbocycles. The molecule has 0 fully saturated rings. The minimum absolute atomic E-state index is 0.0507. The second-order valence-electron chi connectivity index (χ2n) is 4.94. The van der Waals surface area contributed by atoms with Crippen molar-refractivity contribution in [2.24, 2.45) is 0 Å². The molecule has 2 N–H and O–H groups in total. The van der Waals surface area contributed by atoms with Crippen molar-refractivity contribution in [3.05, 3.63) is 58.0 Å². The lowest BCUT2D eigenvalue weighted by Gasteiger charge is -2.12. The van der Waals surface area contributed by atoms with E-state index >= 15 is 0 Å². The van der Waals surface area contributed by atoms with Crippen LogP contribution in [-0.4, -0.2) is 19.0 Å². The summed E-state index contributed by atoms with van der Waals surface area (Å²) in [5, 5.41) is 6.19. The van der Waals surface area contributed by atoms with E-state index in [0.717, 1.165) is 16.0 Å². The number of carbonyl (C=O) groups excluding carboxylic acids is 1. The highest BCUT2D eigenvalue weighted by atomic mass is 79.9. The van der Waals surface area contributed by atoms with Crippen molar-refractivity contribution in [3.63, 3.8) is 0 Å². The monoisotopic (exact) mass is 350 g/mol. The van der Waals surface area contributed by atoms with Crippen molar-refractivity contribution >= 4 is 21.8 Å². The first-order valence-electron chi connectivity index (χ1n) is 6.90. The quantitative estimate of drug-likeness (QED) is 0.784. The van der Waals surface area contributed by atoms with Gasteiger partial charge in [-0.25, -0.2) is 0 Å². The number of carbonyl (C=O) groups is 1. The van der Waals surface area contributed by atoms with Crippen LogP contribution in [0.5, 0.6) is 0 Å². The maximum atomic E-state index is 11.9. The van der Waals surface area contributed by atoms with Gasteiger partial charge in [-0.2, -0.15) is 0 Å². The van der Waals surface area contributed by atoms with Gasteiger partial charge in [0.25, 0.3) is 5.91 Å². The first-order chi connectivity index (χ1) is 10.1. The fourth-order valence-corrected chi connectivity index (χ4v) is 2.25. The summed E-state index contributed by atoms with van der Waals surface area (Å²) < 4.78 is 6.19. The predicted molar refractivity (Wildman–Crippen MR) is 86.3 cm³/mol. The van der Waals surface area contributed by atoms with E-state index in [4.69, 9.17) is 4.42 Å². The van der Waals surface area contributed by atoms with Crippen molar-refractivity contribution < 1.29 is 9.21 Å². The normalized spacial score (nSPS) is 12.1. The van der Waals surface area contributed by atoms with Crippen LogP contribution in [0.4, 0.5) is 0 Å². The maximum absolute atomic E-state index is 11.9. The number of benzene rings is 1. The van der Waals surface area contributed by atoms with Gasteiger partial charge in [0, 0.05) is 18.7 Å². The van der Waals surface area contributed by atoms with Gasteiger partial charge in [0.2, 0.25) is 0 Å². The van der Waals surface area contributed by atoms with Crippen molar-refractivity contribution in [1.29, 1.82) is 0 Å². The molecular weight excluding hydrogens is 332 g/mol. The molecule has 1 aromatic heterocycles. The van der Waals surface area contributed by atoms with Crippen LogP contribution in [-0.2, 0) is 0 Å². The fraction of sp³-hybridized carbons (Fsp3) is 0.312. The summed E-state index contributed by atoms with van der Waals surface area (Å²) >= 11 is 3.28. The molecule has 1 atom stereocenters. The molecule has 2 aromatic rings. The van der Waals surface area contributed by atoms with E-state index in [1.165, 1.54) is 0 Å². The molecule has 1 aromatic carbocycles. The van der Waals surface area contributed by atoms with Gasteiger partial charge < -0.3 is 15.1 Å². The lowest BCUT2D eigenvalue weighted by atomic mass is 10.1. The van der Waals surface area contributed by atoms with Gasteiger partial charge in [-0.3, -0.25) is 4.79 Å². The molecule has 4 nitrogen and oxygen atoms in total. The van der Waals surface area contributed by atoms with E-state index in [1.54, 1.807) is 0 Å². The van der Waals surface area contributed by atoms with Crippen LogP contribution in [0, 0.1) is 6.92 Å². The number of hydrogen-bond acceptors (Lipinski definition) is 3. The Hall–Kier alpha value is -1.59. The highest BCUT2D eigenvalue weighted by Gasteiger charge is 2.09. The Kier molecular flexibility index (Phi) is 5.59. The second-order valence-corrected chi connectivity index (χ2v) is 5.72. The Bertz CT molecular complexity index is 593. The SMILES string of the molecule is Cc1ccc(C(=O)NCCNC(C)c2ccc(Br)o2)cc1. The maximum Gasteiger partial charge on any atom is 0.251 e. The number of hydrogen-bond donors (Lipinski definition) is 2. The van der Waals surface area contributed by atoms with Gasteiger partial charge in [0.1, 0.15) is 5.76 Å². The summed E-state index contributed by atoms with van der Waals surface area (Å²) in [6.07, 6.45) is 0. The van der Waals surface area contributed by atoms with Crippen molar-refractivity contribution in [2.75, 3.05) is 13.1 Å². The summed E-state index contributed by atoms with van der Waals surface area (Å²) in [7, 11) is 0.